The van der Waals surface area contributed by atoms with Crippen LogP contribution in [0.3, 0.4) is 0 Å². The highest BCUT2D eigenvalue weighted by Crippen LogP contribution is 2.24. The molecule has 0 saturated heterocycles. The largest absolute Gasteiger partial charge is 0.310 e. The summed E-state index contributed by atoms with van der Waals surface area (Å²) in [5.41, 5.74) is 0. The van der Waals surface area contributed by atoms with Gasteiger partial charge < -0.3 is 5.32 Å². The summed E-state index contributed by atoms with van der Waals surface area (Å²) < 4.78 is 0. The molecular weight excluding hydrogens is 160 g/mol. The molecule has 0 heterocycles. The van der Waals surface area contributed by atoms with Crippen molar-refractivity contribution in [3.05, 3.63) is 0 Å². The van der Waals surface area contributed by atoms with E-state index in [9.17, 15) is 0 Å². The third kappa shape index (κ3) is 3.36. The molecule has 0 aromatic carbocycles. The minimum Gasteiger partial charge on any atom is -0.310 e. The van der Waals surface area contributed by atoms with Gasteiger partial charge in [-0.05, 0) is 25.7 Å². The minimum absolute atomic E-state index is 0.357. The standard InChI is InChI=1S/C11H20N2/c1-9-5-3-4-6-11(9)13-10(2)7-8-12/h9-11,13H,3-7H2,1-2H3. The number of nitrogens with one attached hydrogen (secondary N) is 1. The third-order valence-electron chi connectivity index (χ3n) is 3.01. The first kappa shape index (κ1) is 10.5. The molecule has 1 N–H and O–H groups in total. The third-order valence-corrected chi connectivity index (χ3v) is 3.01. The van der Waals surface area contributed by atoms with E-state index in [1.54, 1.807) is 0 Å². The number of hydrogen-bond acceptors (Lipinski definition) is 2. The van der Waals surface area contributed by atoms with E-state index in [2.05, 4.69) is 25.2 Å². The predicted molar refractivity (Wildman–Crippen MR) is 54.2 cm³/mol. The summed E-state index contributed by atoms with van der Waals surface area (Å²) in [5.74, 6) is 0.787. The molecule has 13 heavy (non-hydrogen) atoms. The van der Waals surface area contributed by atoms with E-state index in [-0.39, 0.29) is 0 Å². The highest BCUT2D eigenvalue weighted by Gasteiger charge is 2.21. The van der Waals surface area contributed by atoms with Gasteiger partial charge in [0.15, 0.2) is 0 Å². The van der Waals surface area contributed by atoms with Crippen LogP contribution in [0.4, 0.5) is 0 Å². The number of nitrogens with zero attached hydrogens (tertiary/aromatic N) is 1. The molecule has 3 atom stereocenters. The van der Waals surface area contributed by atoms with Crippen molar-refractivity contribution in [1.82, 2.24) is 5.32 Å². The molecule has 1 fully saturated rings. The van der Waals surface area contributed by atoms with Gasteiger partial charge in [-0.2, -0.15) is 5.26 Å². The van der Waals surface area contributed by atoms with E-state index in [4.69, 9.17) is 5.26 Å². The first-order valence-electron chi connectivity index (χ1n) is 5.37. The number of hydrogen-bond donors (Lipinski definition) is 1. The van der Waals surface area contributed by atoms with Gasteiger partial charge in [-0.25, -0.2) is 0 Å². The Morgan fingerprint density at radius 1 is 1.46 bits per heavy atom. The van der Waals surface area contributed by atoms with Crippen LogP contribution in [-0.2, 0) is 0 Å². The topological polar surface area (TPSA) is 35.8 Å². The summed E-state index contributed by atoms with van der Waals surface area (Å²) in [6.07, 6.45) is 5.99. The van der Waals surface area contributed by atoms with Crippen molar-refractivity contribution < 1.29 is 0 Å². The Hall–Kier alpha value is -0.550. The molecule has 2 nitrogen and oxygen atoms in total. The van der Waals surface area contributed by atoms with Crippen LogP contribution in [-0.4, -0.2) is 12.1 Å². The highest BCUT2D eigenvalue weighted by atomic mass is 14.9. The van der Waals surface area contributed by atoms with Crippen LogP contribution in [0.1, 0.15) is 46.0 Å². The van der Waals surface area contributed by atoms with Crippen molar-refractivity contribution in [2.45, 2.75) is 58.0 Å². The summed E-state index contributed by atoms with van der Waals surface area (Å²) in [4.78, 5) is 0. The summed E-state index contributed by atoms with van der Waals surface area (Å²) in [6, 6.07) is 3.22. The van der Waals surface area contributed by atoms with E-state index < -0.39 is 0 Å². The lowest BCUT2D eigenvalue weighted by molar-refractivity contribution is 0.263. The zero-order chi connectivity index (χ0) is 9.68. The van der Waals surface area contributed by atoms with Crippen LogP contribution in [0.5, 0.6) is 0 Å². The summed E-state index contributed by atoms with van der Waals surface area (Å²) in [6.45, 7) is 4.42. The number of rotatable bonds is 3. The van der Waals surface area contributed by atoms with Gasteiger partial charge in [0.1, 0.15) is 0 Å². The van der Waals surface area contributed by atoms with Crippen molar-refractivity contribution in [1.29, 1.82) is 5.26 Å². The fraction of sp³-hybridized carbons (Fsp3) is 0.909. The van der Waals surface area contributed by atoms with E-state index in [1.807, 2.05) is 0 Å². The summed E-state index contributed by atoms with van der Waals surface area (Å²) in [5, 5.41) is 12.1. The van der Waals surface area contributed by atoms with E-state index in [0.717, 1.165) is 5.92 Å². The Kier molecular flexibility index (Phi) is 4.24. The van der Waals surface area contributed by atoms with E-state index >= 15 is 0 Å². The average molecular weight is 180 g/mol. The maximum atomic E-state index is 8.54. The first-order chi connectivity index (χ1) is 6.24. The van der Waals surface area contributed by atoms with E-state index in [0.29, 0.717) is 18.5 Å². The molecule has 1 aliphatic rings. The Bertz CT molecular complexity index is 183. The smallest absolute Gasteiger partial charge is 0.0638 e. The Morgan fingerprint density at radius 3 is 2.77 bits per heavy atom. The predicted octanol–water partition coefficient (Wildman–Crippen LogP) is 2.46. The van der Waals surface area contributed by atoms with Crippen LogP contribution < -0.4 is 5.32 Å². The van der Waals surface area contributed by atoms with Crippen molar-refractivity contribution >= 4 is 0 Å². The lowest BCUT2D eigenvalue weighted by Gasteiger charge is -2.31. The molecule has 1 saturated carbocycles. The van der Waals surface area contributed by atoms with Gasteiger partial charge in [0.2, 0.25) is 0 Å². The van der Waals surface area contributed by atoms with Gasteiger partial charge >= 0.3 is 0 Å². The highest BCUT2D eigenvalue weighted by molar-refractivity contribution is 4.84. The van der Waals surface area contributed by atoms with Gasteiger partial charge in [0.05, 0.1) is 12.5 Å². The second-order valence-electron chi connectivity index (χ2n) is 4.30. The van der Waals surface area contributed by atoms with Gasteiger partial charge in [0, 0.05) is 12.1 Å². The van der Waals surface area contributed by atoms with Crippen molar-refractivity contribution in [2.75, 3.05) is 0 Å². The van der Waals surface area contributed by atoms with Crippen LogP contribution in [0.2, 0.25) is 0 Å². The Morgan fingerprint density at radius 2 is 2.15 bits per heavy atom. The monoisotopic (exact) mass is 180 g/mol. The van der Waals surface area contributed by atoms with E-state index in [1.165, 1.54) is 25.7 Å². The molecule has 1 rings (SSSR count). The van der Waals surface area contributed by atoms with Crippen molar-refractivity contribution in [3.8, 4) is 6.07 Å². The van der Waals surface area contributed by atoms with Crippen LogP contribution in [0.25, 0.3) is 0 Å². The zero-order valence-electron chi connectivity index (χ0n) is 8.71. The molecule has 0 spiro atoms. The molecule has 0 aliphatic heterocycles. The fourth-order valence-corrected chi connectivity index (χ4v) is 2.13. The first-order valence-corrected chi connectivity index (χ1v) is 5.37. The second-order valence-corrected chi connectivity index (χ2v) is 4.30. The SMILES string of the molecule is CC(CC#N)NC1CCCCC1C. The molecular formula is C11H20N2. The van der Waals surface area contributed by atoms with Gasteiger partial charge in [-0.15, -0.1) is 0 Å². The molecule has 0 aromatic heterocycles. The molecule has 2 heteroatoms. The molecule has 3 unspecified atom stereocenters. The summed E-state index contributed by atoms with van der Waals surface area (Å²) >= 11 is 0. The molecule has 0 bridgehead atoms. The summed E-state index contributed by atoms with van der Waals surface area (Å²) in [7, 11) is 0. The Labute approximate surface area is 81.3 Å². The van der Waals surface area contributed by atoms with Crippen LogP contribution >= 0.6 is 0 Å². The van der Waals surface area contributed by atoms with Crippen molar-refractivity contribution in [3.63, 3.8) is 0 Å². The lowest BCUT2D eigenvalue weighted by Crippen LogP contribution is -2.42. The van der Waals surface area contributed by atoms with Crippen LogP contribution in [0, 0.1) is 17.2 Å². The second kappa shape index (κ2) is 5.24. The number of nitriles is 1. The van der Waals surface area contributed by atoms with Gasteiger partial charge in [0.25, 0.3) is 0 Å². The van der Waals surface area contributed by atoms with Gasteiger partial charge in [-0.3, -0.25) is 0 Å². The molecule has 0 amide bonds. The fourth-order valence-electron chi connectivity index (χ4n) is 2.13. The average Bonchev–Trinajstić information content (AvgIpc) is 2.09. The quantitative estimate of drug-likeness (QED) is 0.724. The van der Waals surface area contributed by atoms with Gasteiger partial charge in [-0.1, -0.05) is 19.8 Å². The minimum atomic E-state index is 0.357. The van der Waals surface area contributed by atoms with Crippen LogP contribution in [0.15, 0.2) is 0 Å². The maximum Gasteiger partial charge on any atom is 0.0638 e. The molecule has 0 aromatic rings. The molecule has 74 valence electrons. The maximum absolute atomic E-state index is 8.54. The zero-order valence-corrected chi connectivity index (χ0v) is 8.71. The molecule has 0 radical (unpaired) electrons. The normalized spacial score (nSPS) is 30.8. The molecule has 1 aliphatic carbocycles. The Balaban J connectivity index is 2.30. The lowest BCUT2D eigenvalue weighted by atomic mass is 9.85. The van der Waals surface area contributed by atoms with Crippen molar-refractivity contribution in [2.24, 2.45) is 5.92 Å².